The molecule has 2 heterocycles. The predicted molar refractivity (Wildman–Crippen MR) is 124 cm³/mol. The first-order valence-corrected chi connectivity index (χ1v) is 11.3. The van der Waals surface area contributed by atoms with Crippen LogP contribution < -0.4 is 5.32 Å². The van der Waals surface area contributed by atoms with E-state index in [1.54, 1.807) is 11.3 Å². The number of rotatable bonds is 4. The molecule has 0 saturated heterocycles. The molecule has 2 aromatic carbocycles. The maximum Gasteiger partial charge on any atom is 0.187 e. The summed E-state index contributed by atoms with van der Waals surface area (Å²) in [4.78, 5) is 10.8. The van der Waals surface area contributed by atoms with Crippen molar-refractivity contribution in [2.75, 3.05) is 5.32 Å². The number of hydrogen-bond acceptors (Lipinski definition) is 4. The predicted octanol–water partition coefficient (Wildman–Crippen LogP) is 6.33. The van der Waals surface area contributed by atoms with Gasteiger partial charge in [0.25, 0.3) is 0 Å². The summed E-state index contributed by atoms with van der Waals surface area (Å²) in [6.45, 7) is 6.49. The van der Waals surface area contributed by atoms with E-state index in [2.05, 4.69) is 83.4 Å². The number of nitrogens with zero attached hydrogens (tertiary/aromatic N) is 3. The molecule has 4 aromatic rings. The second-order valence-electron chi connectivity index (χ2n) is 8.39. The van der Waals surface area contributed by atoms with E-state index in [4.69, 9.17) is 4.98 Å². The number of benzene rings is 2. The molecule has 1 unspecified atom stereocenters. The molecule has 152 valence electrons. The molecule has 0 radical (unpaired) electrons. The molecule has 0 amide bonds. The Bertz CT molecular complexity index is 1190. The molecule has 2 aromatic heterocycles. The molecule has 0 fully saturated rings. The van der Waals surface area contributed by atoms with E-state index in [-0.39, 0.29) is 5.41 Å². The van der Waals surface area contributed by atoms with Crippen LogP contribution in [0.5, 0.6) is 0 Å². The zero-order valence-corrected chi connectivity index (χ0v) is 18.5. The molecule has 0 bridgehead atoms. The van der Waals surface area contributed by atoms with Crippen molar-refractivity contribution in [2.24, 2.45) is 0 Å². The SMILES string of the molecule is Cc1cn(-c2ccc(Nc3nc4c(s3)CCCC4(C)c3ccccc3)cc2C)cn1. The Labute approximate surface area is 181 Å². The van der Waals surface area contributed by atoms with Gasteiger partial charge in [-0.05, 0) is 69.4 Å². The highest BCUT2D eigenvalue weighted by atomic mass is 32.1. The molecule has 1 aliphatic rings. The van der Waals surface area contributed by atoms with E-state index < -0.39 is 0 Å². The summed E-state index contributed by atoms with van der Waals surface area (Å²) >= 11 is 1.80. The quantitative estimate of drug-likeness (QED) is 0.424. The summed E-state index contributed by atoms with van der Waals surface area (Å²) in [5.41, 5.74) is 7.04. The third-order valence-electron chi connectivity index (χ3n) is 6.15. The number of nitrogens with one attached hydrogen (secondary N) is 1. The van der Waals surface area contributed by atoms with Crippen molar-refractivity contribution >= 4 is 22.2 Å². The van der Waals surface area contributed by atoms with Gasteiger partial charge >= 0.3 is 0 Å². The van der Waals surface area contributed by atoms with Crippen LogP contribution in [0.2, 0.25) is 0 Å². The fraction of sp³-hybridized carbons (Fsp3) is 0.280. The molecular formula is C25H26N4S. The Balaban J connectivity index is 1.44. The van der Waals surface area contributed by atoms with E-state index >= 15 is 0 Å². The normalized spacial score (nSPS) is 18.2. The van der Waals surface area contributed by atoms with Gasteiger partial charge in [0.15, 0.2) is 5.13 Å². The standard InChI is InChI=1S/C25H26N4S/c1-17-14-20(11-12-21(17)29-15-18(2)26-16-29)27-24-28-23-22(30-24)10-7-13-25(23,3)19-8-5-4-6-9-19/h4-6,8-9,11-12,14-16H,7,10,13H2,1-3H3,(H,27,28). The minimum Gasteiger partial charge on any atom is -0.332 e. The van der Waals surface area contributed by atoms with Gasteiger partial charge in [-0.2, -0.15) is 0 Å². The number of aromatic nitrogens is 3. The van der Waals surface area contributed by atoms with E-state index in [0.717, 1.165) is 35.0 Å². The minimum atomic E-state index is -0.00959. The highest BCUT2D eigenvalue weighted by Gasteiger charge is 2.37. The van der Waals surface area contributed by atoms with Crippen molar-refractivity contribution in [3.05, 3.63) is 88.4 Å². The Morgan fingerprint density at radius 3 is 2.67 bits per heavy atom. The van der Waals surface area contributed by atoms with Crippen LogP contribution in [-0.4, -0.2) is 14.5 Å². The monoisotopic (exact) mass is 414 g/mol. The molecular weight excluding hydrogens is 388 g/mol. The highest BCUT2D eigenvalue weighted by molar-refractivity contribution is 7.15. The third-order valence-corrected chi connectivity index (χ3v) is 7.18. The third kappa shape index (κ3) is 3.33. The van der Waals surface area contributed by atoms with Crippen molar-refractivity contribution in [1.29, 1.82) is 0 Å². The largest absolute Gasteiger partial charge is 0.332 e. The van der Waals surface area contributed by atoms with Crippen molar-refractivity contribution in [3.8, 4) is 5.69 Å². The molecule has 5 rings (SSSR count). The molecule has 1 N–H and O–H groups in total. The summed E-state index contributed by atoms with van der Waals surface area (Å²) in [6, 6.07) is 17.3. The van der Waals surface area contributed by atoms with Gasteiger partial charge in [-0.1, -0.05) is 30.3 Å². The first kappa shape index (κ1) is 19.1. The molecule has 4 nitrogen and oxygen atoms in total. The van der Waals surface area contributed by atoms with Crippen molar-refractivity contribution in [1.82, 2.24) is 14.5 Å². The smallest absolute Gasteiger partial charge is 0.187 e. The molecule has 30 heavy (non-hydrogen) atoms. The van der Waals surface area contributed by atoms with Gasteiger partial charge in [0, 0.05) is 27.9 Å². The van der Waals surface area contributed by atoms with E-state index in [9.17, 15) is 0 Å². The first-order chi connectivity index (χ1) is 14.5. The van der Waals surface area contributed by atoms with Gasteiger partial charge in [0.1, 0.15) is 0 Å². The van der Waals surface area contributed by atoms with Crippen molar-refractivity contribution in [3.63, 3.8) is 0 Å². The van der Waals surface area contributed by atoms with Crippen LogP contribution in [0.25, 0.3) is 5.69 Å². The second-order valence-corrected chi connectivity index (χ2v) is 9.47. The van der Waals surface area contributed by atoms with E-state index in [1.165, 1.54) is 28.1 Å². The molecule has 0 aliphatic heterocycles. The summed E-state index contributed by atoms with van der Waals surface area (Å²) < 4.78 is 2.07. The Hall–Kier alpha value is -2.92. The number of fused-ring (bicyclic) bond motifs is 1. The number of aryl methyl sites for hydroxylation is 3. The van der Waals surface area contributed by atoms with Gasteiger partial charge in [0.05, 0.1) is 17.7 Å². The van der Waals surface area contributed by atoms with Crippen LogP contribution in [0.3, 0.4) is 0 Å². The van der Waals surface area contributed by atoms with Crippen LogP contribution in [0, 0.1) is 13.8 Å². The van der Waals surface area contributed by atoms with Crippen LogP contribution >= 0.6 is 11.3 Å². The first-order valence-electron chi connectivity index (χ1n) is 10.5. The average Bonchev–Trinajstić information content (AvgIpc) is 3.36. The number of imidazole rings is 1. The lowest BCUT2D eigenvalue weighted by Crippen LogP contribution is -2.28. The van der Waals surface area contributed by atoms with Gasteiger partial charge in [-0.15, -0.1) is 11.3 Å². The summed E-state index contributed by atoms with van der Waals surface area (Å²) in [5, 5.41) is 4.54. The Morgan fingerprint density at radius 1 is 1.10 bits per heavy atom. The maximum absolute atomic E-state index is 5.08. The minimum absolute atomic E-state index is 0.00959. The average molecular weight is 415 g/mol. The van der Waals surface area contributed by atoms with Crippen LogP contribution in [-0.2, 0) is 11.8 Å². The van der Waals surface area contributed by atoms with Crippen LogP contribution in [0.15, 0.2) is 61.1 Å². The second kappa shape index (κ2) is 7.40. The van der Waals surface area contributed by atoms with Crippen LogP contribution in [0.1, 0.15) is 47.2 Å². The lowest BCUT2D eigenvalue weighted by molar-refractivity contribution is 0.458. The van der Waals surface area contributed by atoms with Gasteiger partial charge in [-0.3, -0.25) is 0 Å². The number of anilines is 2. The van der Waals surface area contributed by atoms with Gasteiger partial charge in [-0.25, -0.2) is 9.97 Å². The highest BCUT2D eigenvalue weighted by Crippen LogP contribution is 2.45. The van der Waals surface area contributed by atoms with Crippen molar-refractivity contribution < 1.29 is 0 Å². The van der Waals surface area contributed by atoms with Crippen LogP contribution in [0.4, 0.5) is 10.8 Å². The fourth-order valence-corrected chi connectivity index (χ4v) is 5.67. The van der Waals surface area contributed by atoms with Crippen molar-refractivity contribution in [2.45, 2.75) is 45.4 Å². The zero-order valence-electron chi connectivity index (χ0n) is 17.6. The van der Waals surface area contributed by atoms with E-state index in [1.807, 2.05) is 13.3 Å². The molecule has 1 atom stereocenters. The Kier molecular flexibility index (Phi) is 4.70. The molecule has 0 saturated carbocycles. The molecule has 5 heteroatoms. The summed E-state index contributed by atoms with van der Waals surface area (Å²) in [6.07, 6.45) is 7.39. The Morgan fingerprint density at radius 2 is 1.93 bits per heavy atom. The maximum atomic E-state index is 5.08. The van der Waals surface area contributed by atoms with E-state index in [0.29, 0.717) is 0 Å². The zero-order chi connectivity index (χ0) is 20.7. The fourth-order valence-electron chi connectivity index (χ4n) is 4.51. The van der Waals surface area contributed by atoms with Gasteiger partial charge in [0.2, 0.25) is 0 Å². The number of thiazole rings is 1. The summed E-state index contributed by atoms with van der Waals surface area (Å²) in [5.74, 6) is 0. The lowest BCUT2D eigenvalue weighted by Gasteiger charge is -2.33. The summed E-state index contributed by atoms with van der Waals surface area (Å²) in [7, 11) is 0. The molecule has 0 spiro atoms. The van der Waals surface area contributed by atoms with Gasteiger partial charge < -0.3 is 9.88 Å². The molecule has 1 aliphatic carbocycles. The topological polar surface area (TPSA) is 42.7 Å². The number of hydrogen-bond donors (Lipinski definition) is 1. The lowest BCUT2D eigenvalue weighted by atomic mass is 9.72.